The Kier molecular flexibility index (Phi) is 4.62. The van der Waals surface area contributed by atoms with Crippen LogP contribution in [0.25, 0.3) is 0 Å². The van der Waals surface area contributed by atoms with Gasteiger partial charge in [0.2, 0.25) is 0 Å². The lowest BCUT2D eigenvalue weighted by molar-refractivity contribution is -0.126. The number of amides is 1. The van der Waals surface area contributed by atoms with Gasteiger partial charge in [0.1, 0.15) is 0 Å². The van der Waals surface area contributed by atoms with Crippen molar-refractivity contribution in [3.8, 4) is 18.1 Å². The minimum absolute atomic E-state index is 0.174. The van der Waals surface area contributed by atoms with Crippen molar-refractivity contribution in [1.29, 1.82) is 0 Å². The van der Waals surface area contributed by atoms with E-state index < -0.39 is 6.10 Å². The lowest BCUT2D eigenvalue weighted by Crippen LogP contribution is -2.36. The molecule has 1 aromatic heterocycles. The van der Waals surface area contributed by atoms with Crippen LogP contribution in [-0.2, 0) is 4.79 Å². The highest BCUT2D eigenvalue weighted by atomic mass is 35.5. The van der Waals surface area contributed by atoms with Crippen LogP contribution in [0, 0.1) is 12.3 Å². The highest BCUT2D eigenvalue weighted by Crippen LogP contribution is 2.21. The molecular weight excluding hydrogens is 228 g/mol. The van der Waals surface area contributed by atoms with Crippen molar-refractivity contribution in [2.45, 2.75) is 13.0 Å². The molecule has 4 nitrogen and oxygen atoms in total. The quantitative estimate of drug-likeness (QED) is 0.635. The molecular formula is C11H11ClN2O2. The molecule has 0 bridgehead atoms. The van der Waals surface area contributed by atoms with Crippen LogP contribution in [0.1, 0.15) is 6.92 Å². The number of rotatable bonds is 4. The van der Waals surface area contributed by atoms with E-state index >= 15 is 0 Å². The SMILES string of the molecule is C#CCNC(=O)C(C)Oc1cccnc1Cl. The molecule has 0 aliphatic carbocycles. The van der Waals surface area contributed by atoms with Crippen LogP contribution in [0.15, 0.2) is 18.3 Å². The standard InChI is InChI=1S/C11H11ClN2O2/c1-3-6-14-11(15)8(2)16-9-5-4-7-13-10(9)12/h1,4-5,7-8H,6H2,2H3,(H,14,15). The third-order valence-corrected chi connectivity index (χ3v) is 2.05. The van der Waals surface area contributed by atoms with Gasteiger partial charge in [0, 0.05) is 6.20 Å². The second-order valence-corrected chi connectivity index (χ2v) is 3.33. The van der Waals surface area contributed by atoms with E-state index in [1.807, 2.05) is 0 Å². The number of aromatic nitrogens is 1. The summed E-state index contributed by atoms with van der Waals surface area (Å²) in [5, 5.41) is 2.73. The van der Waals surface area contributed by atoms with E-state index in [1.165, 1.54) is 6.20 Å². The third kappa shape index (κ3) is 3.44. The summed E-state index contributed by atoms with van der Waals surface area (Å²) in [6.07, 6.45) is 5.89. The summed E-state index contributed by atoms with van der Waals surface area (Å²) in [5.74, 6) is 2.38. The lowest BCUT2D eigenvalue weighted by atomic mass is 10.3. The molecule has 0 aliphatic heterocycles. The third-order valence-electron chi connectivity index (χ3n) is 1.76. The fraction of sp³-hybridized carbons (Fsp3) is 0.273. The summed E-state index contributed by atoms with van der Waals surface area (Å²) in [4.78, 5) is 15.3. The van der Waals surface area contributed by atoms with Gasteiger partial charge in [0.25, 0.3) is 5.91 Å². The number of hydrogen-bond donors (Lipinski definition) is 1. The van der Waals surface area contributed by atoms with Crippen LogP contribution in [0.4, 0.5) is 0 Å². The van der Waals surface area contributed by atoms with E-state index in [0.29, 0.717) is 5.75 Å². The first-order chi connectivity index (χ1) is 7.65. The van der Waals surface area contributed by atoms with Gasteiger partial charge in [-0.2, -0.15) is 0 Å². The number of terminal acetylenes is 1. The zero-order chi connectivity index (χ0) is 12.0. The molecule has 1 amide bonds. The van der Waals surface area contributed by atoms with Gasteiger partial charge in [0.05, 0.1) is 6.54 Å². The maximum Gasteiger partial charge on any atom is 0.261 e. The predicted octanol–water partition coefficient (Wildman–Crippen LogP) is 1.25. The molecule has 0 spiro atoms. The van der Waals surface area contributed by atoms with E-state index in [9.17, 15) is 4.79 Å². The monoisotopic (exact) mass is 238 g/mol. The lowest BCUT2D eigenvalue weighted by Gasteiger charge is -2.14. The Labute approximate surface area is 99.0 Å². The first-order valence-corrected chi connectivity index (χ1v) is 5.01. The van der Waals surface area contributed by atoms with Crippen molar-refractivity contribution in [3.63, 3.8) is 0 Å². The Morgan fingerprint density at radius 1 is 1.81 bits per heavy atom. The summed E-state index contributed by atoms with van der Waals surface area (Å²) < 4.78 is 5.33. The molecule has 84 valence electrons. The van der Waals surface area contributed by atoms with Crippen molar-refractivity contribution in [3.05, 3.63) is 23.5 Å². The molecule has 1 aromatic rings. The molecule has 0 aliphatic rings. The minimum atomic E-state index is -0.671. The van der Waals surface area contributed by atoms with Crippen LogP contribution in [0.3, 0.4) is 0 Å². The summed E-state index contributed by atoms with van der Waals surface area (Å²) in [6.45, 7) is 1.78. The Hall–Kier alpha value is -1.73. The van der Waals surface area contributed by atoms with Crippen molar-refractivity contribution >= 4 is 17.5 Å². The number of hydrogen-bond acceptors (Lipinski definition) is 3. The number of ether oxygens (including phenoxy) is 1. The second kappa shape index (κ2) is 5.99. The van der Waals surface area contributed by atoms with Crippen LogP contribution in [-0.4, -0.2) is 23.5 Å². The normalized spacial score (nSPS) is 11.3. The van der Waals surface area contributed by atoms with Crippen molar-refractivity contribution in [2.75, 3.05) is 6.54 Å². The molecule has 0 fully saturated rings. The van der Waals surface area contributed by atoms with Gasteiger partial charge in [-0.3, -0.25) is 4.79 Å². The number of nitrogens with one attached hydrogen (secondary N) is 1. The number of carbonyl (C=O) groups excluding carboxylic acids is 1. The number of halogens is 1. The molecule has 0 saturated heterocycles. The maximum atomic E-state index is 11.4. The van der Waals surface area contributed by atoms with Crippen LogP contribution < -0.4 is 10.1 Å². The summed E-state index contributed by atoms with van der Waals surface area (Å²) in [6, 6.07) is 3.31. The van der Waals surface area contributed by atoms with E-state index in [-0.39, 0.29) is 17.6 Å². The molecule has 1 atom stereocenters. The number of pyridine rings is 1. The zero-order valence-corrected chi connectivity index (χ0v) is 9.49. The molecule has 1 heterocycles. The average molecular weight is 239 g/mol. The van der Waals surface area contributed by atoms with Gasteiger partial charge < -0.3 is 10.1 Å². The largest absolute Gasteiger partial charge is 0.478 e. The van der Waals surface area contributed by atoms with E-state index in [1.54, 1.807) is 19.1 Å². The van der Waals surface area contributed by atoms with Gasteiger partial charge in [-0.05, 0) is 19.1 Å². The zero-order valence-electron chi connectivity index (χ0n) is 8.74. The Morgan fingerprint density at radius 2 is 2.56 bits per heavy atom. The van der Waals surface area contributed by atoms with E-state index in [2.05, 4.69) is 16.2 Å². The minimum Gasteiger partial charge on any atom is -0.478 e. The predicted molar refractivity (Wildman–Crippen MR) is 61.2 cm³/mol. The molecule has 16 heavy (non-hydrogen) atoms. The summed E-state index contributed by atoms with van der Waals surface area (Å²) in [7, 11) is 0. The molecule has 0 aromatic carbocycles. The van der Waals surface area contributed by atoms with Gasteiger partial charge in [-0.1, -0.05) is 17.5 Å². The van der Waals surface area contributed by atoms with E-state index in [0.717, 1.165) is 0 Å². The second-order valence-electron chi connectivity index (χ2n) is 2.97. The fourth-order valence-corrected chi connectivity index (χ4v) is 1.15. The highest BCUT2D eigenvalue weighted by Gasteiger charge is 2.15. The summed E-state index contributed by atoms with van der Waals surface area (Å²) in [5.41, 5.74) is 0. The average Bonchev–Trinajstić information content (AvgIpc) is 2.28. The Morgan fingerprint density at radius 3 is 3.19 bits per heavy atom. The molecule has 0 radical (unpaired) electrons. The van der Waals surface area contributed by atoms with Crippen LogP contribution in [0.5, 0.6) is 5.75 Å². The first-order valence-electron chi connectivity index (χ1n) is 4.63. The van der Waals surface area contributed by atoms with Crippen molar-refractivity contribution in [2.24, 2.45) is 0 Å². The Bertz CT molecular complexity index is 415. The molecule has 1 rings (SSSR count). The fourth-order valence-electron chi connectivity index (χ4n) is 0.985. The first kappa shape index (κ1) is 12.3. The van der Waals surface area contributed by atoms with Gasteiger partial charge >= 0.3 is 0 Å². The molecule has 1 unspecified atom stereocenters. The topological polar surface area (TPSA) is 51.2 Å². The highest BCUT2D eigenvalue weighted by molar-refractivity contribution is 6.30. The number of nitrogens with zero attached hydrogens (tertiary/aromatic N) is 1. The molecule has 0 saturated carbocycles. The number of carbonyl (C=O) groups is 1. The van der Waals surface area contributed by atoms with E-state index in [4.69, 9.17) is 22.8 Å². The summed E-state index contributed by atoms with van der Waals surface area (Å²) >= 11 is 5.78. The molecule has 1 N–H and O–H groups in total. The van der Waals surface area contributed by atoms with Gasteiger partial charge in [-0.25, -0.2) is 4.98 Å². The smallest absolute Gasteiger partial charge is 0.261 e. The van der Waals surface area contributed by atoms with Crippen LogP contribution >= 0.6 is 11.6 Å². The molecule has 5 heteroatoms. The maximum absolute atomic E-state index is 11.4. The van der Waals surface area contributed by atoms with Gasteiger partial charge in [0.15, 0.2) is 17.0 Å². The van der Waals surface area contributed by atoms with Crippen molar-refractivity contribution < 1.29 is 9.53 Å². The van der Waals surface area contributed by atoms with Crippen LogP contribution in [0.2, 0.25) is 5.15 Å². The van der Waals surface area contributed by atoms with Gasteiger partial charge in [-0.15, -0.1) is 6.42 Å². The van der Waals surface area contributed by atoms with Crippen molar-refractivity contribution in [1.82, 2.24) is 10.3 Å². The Balaban J connectivity index is 2.58.